The van der Waals surface area contributed by atoms with Gasteiger partial charge in [-0.2, -0.15) is 15.0 Å². The van der Waals surface area contributed by atoms with E-state index in [0.29, 0.717) is 24.3 Å². The summed E-state index contributed by atoms with van der Waals surface area (Å²) in [5.41, 5.74) is 0.917. The standard InChI is InChI=1S/C26H31N5O3/c1-6-19-16-33-25(32)31(19)24-28-17(2)27-23(30-24)29-22(26(3,4)5)18-12-14-21(15-13-18)34-20-10-8-7-9-11-20/h7-15,19,22H,6,16H2,1-5H3,(H,27,28,29,30)/t19-,22?/m0/s1. The van der Waals surface area contributed by atoms with Gasteiger partial charge in [0.25, 0.3) is 0 Å². The number of benzene rings is 2. The first-order valence-corrected chi connectivity index (χ1v) is 11.5. The van der Waals surface area contributed by atoms with Crippen LogP contribution >= 0.6 is 0 Å². The second-order valence-corrected chi connectivity index (χ2v) is 9.44. The summed E-state index contributed by atoms with van der Waals surface area (Å²) in [5, 5.41) is 3.47. The number of amides is 1. The Bertz CT molecular complexity index is 1130. The zero-order valence-electron chi connectivity index (χ0n) is 20.3. The lowest BCUT2D eigenvalue weighted by atomic mass is 9.82. The Balaban J connectivity index is 1.59. The summed E-state index contributed by atoms with van der Waals surface area (Å²) < 4.78 is 11.1. The molecule has 2 atom stereocenters. The van der Waals surface area contributed by atoms with E-state index in [1.165, 1.54) is 4.90 Å². The van der Waals surface area contributed by atoms with Crippen LogP contribution < -0.4 is 15.0 Å². The van der Waals surface area contributed by atoms with Gasteiger partial charge in [0.1, 0.15) is 23.9 Å². The minimum absolute atomic E-state index is 0.0854. The molecule has 1 aromatic heterocycles. The molecule has 2 heterocycles. The summed E-state index contributed by atoms with van der Waals surface area (Å²) in [6.07, 6.45) is 0.325. The van der Waals surface area contributed by atoms with Gasteiger partial charge in [-0.25, -0.2) is 9.69 Å². The van der Waals surface area contributed by atoms with Crippen molar-refractivity contribution in [1.82, 2.24) is 15.0 Å². The molecule has 1 amide bonds. The predicted octanol–water partition coefficient (Wildman–Crippen LogP) is 5.91. The van der Waals surface area contributed by atoms with E-state index >= 15 is 0 Å². The first-order valence-electron chi connectivity index (χ1n) is 11.5. The van der Waals surface area contributed by atoms with Gasteiger partial charge in [-0.3, -0.25) is 0 Å². The first kappa shape index (κ1) is 23.5. The van der Waals surface area contributed by atoms with Gasteiger partial charge in [-0.05, 0) is 48.6 Å². The normalized spacial score (nSPS) is 16.8. The van der Waals surface area contributed by atoms with Crippen LogP contribution in [0.25, 0.3) is 0 Å². The number of aryl methyl sites for hydroxylation is 1. The highest BCUT2D eigenvalue weighted by Crippen LogP contribution is 2.36. The number of hydrogen-bond donors (Lipinski definition) is 1. The Kier molecular flexibility index (Phi) is 6.68. The number of anilines is 2. The first-order chi connectivity index (χ1) is 16.2. The molecule has 0 bridgehead atoms. The summed E-state index contributed by atoms with van der Waals surface area (Å²) in [7, 11) is 0. The number of rotatable bonds is 7. The number of hydrogen-bond acceptors (Lipinski definition) is 7. The molecule has 0 spiro atoms. The highest BCUT2D eigenvalue weighted by Gasteiger charge is 2.36. The van der Waals surface area contributed by atoms with Crippen LogP contribution in [0.1, 0.15) is 51.5 Å². The summed E-state index contributed by atoms with van der Waals surface area (Å²) in [4.78, 5) is 27.3. The number of carbonyl (C=O) groups is 1. The molecule has 1 aliphatic rings. The van der Waals surface area contributed by atoms with E-state index in [9.17, 15) is 4.79 Å². The molecule has 4 rings (SSSR count). The largest absolute Gasteiger partial charge is 0.457 e. The van der Waals surface area contributed by atoms with Crippen LogP contribution in [0.4, 0.5) is 16.7 Å². The van der Waals surface area contributed by atoms with Crippen molar-refractivity contribution in [2.75, 3.05) is 16.8 Å². The third-order valence-corrected chi connectivity index (χ3v) is 5.71. The average molecular weight is 462 g/mol. The van der Waals surface area contributed by atoms with E-state index < -0.39 is 6.09 Å². The highest BCUT2D eigenvalue weighted by atomic mass is 16.6. The zero-order valence-corrected chi connectivity index (χ0v) is 20.3. The van der Waals surface area contributed by atoms with E-state index in [4.69, 9.17) is 9.47 Å². The maximum absolute atomic E-state index is 12.3. The molecule has 1 fully saturated rings. The SMILES string of the molecule is CC[C@H]1COC(=O)N1c1nc(C)nc(NC(c2ccc(Oc3ccccc3)cc2)C(C)(C)C)n1. The van der Waals surface area contributed by atoms with Gasteiger partial charge in [0, 0.05) is 0 Å². The van der Waals surface area contributed by atoms with Crippen molar-refractivity contribution in [3.63, 3.8) is 0 Å². The summed E-state index contributed by atoms with van der Waals surface area (Å²) in [6, 6.07) is 17.5. The molecule has 0 aliphatic carbocycles. The van der Waals surface area contributed by atoms with Gasteiger partial charge >= 0.3 is 6.09 Å². The third kappa shape index (κ3) is 5.27. The van der Waals surface area contributed by atoms with Crippen LogP contribution in [0.15, 0.2) is 54.6 Å². The van der Waals surface area contributed by atoms with E-state index in [0.717, 1.165) is 23.5 Å². The maximum Gasteiger partial charge on any atom is 0.417 e. The molecule has 178 valence electrons. The van der Waals surface area contributed by atoms with Gasteiger partial charge in [-0.1, -0.05) is 58.0 Å². The average Bonchev–Trinajstić information content (AvgIpc) is 3.18. The van der Waals surface area contributed by atoms with Crippen molar-refractivity contribution in [3.8, 4) is 11.5 Å². The molecule has 2 aromatic carbocycles. The maximum atomic E-state index is 12.3. The van der Waals surface area contributed by atoms with E-state index in [-0.39, 0.29) is 17.5 Å². The Hall–Kier alpha value is -3.68. The molecule has 1 aliphatic heterocycles. The van der Waals surface area contributed by atoms with Crippen LogP contribution in [0.3, 0.4) is 0 Å². The second-order valence-electron chi connectivity index (χ2n) is 9.44. The van der Waals surface area contributed by atoms with Crippen molar-refractivity contribution in [2.45, 2.75) is 53.1 Å². The minimum atomic E-state index is -0.426. The van der Waals surface area contributed by atoms with Crippen LogP contribution in [0.5, 0.6) is 11.5 Å². The Morgan fingerprint density at radius 3 is 2.38 bits per heavy atom. The number of para-hydroxylation sites is 1. The van der Waals surface area contributed by atoms with Crippen LogP contribution in [0.2, 0.25) is 0 Å². The van der Waals surface area contributed by atoms with Gasteiger partial charge in [0.2, 0.25) is 11.9 Å². The topological polar surface area (TPSA) is 89.5 Å². The predicted molar refractivity (Wildman–Crippen MR) is 131 cm³/mol. The Morgan fingerprint density at radius 2 is 1.74 bits per heavy atom. The van der Waals surface area contributed by atoms with Gasteiger partial charge in [0.05, 0.1) is 12.1 Å². The quantitative estimate of drug-likeness (QED) is 0.468. The molecular formula is C26H31N5O3. The molecule has 8 nitrogen and oxygen atoms in total. The van der Waals surface area contributed by atoms with Crippen molar-refractivity contribution in [2.24, 2.45) is 5.41 Å². The number of cyclic esters (lactones) is 1. The van der Waals surface area contributed by atoms with Crippen LogP contribution in [-0.4, -0.2) is 33.7 Å². The fraction of sp³-hybridized carbons (Fsp3) is 0.385. The molecule has 34 heavy (non-hydrogen) atoms. The van der Waals surface area contributed by atoms with Crippen molar-refractivity contribution >= 4 is 18.0 Å². The van der Waals surface area contributed by atoms with Gasteiger partial charge in [0.15, 0.2) is 0 Å². The zero-order chi connectivity index (χ0) is 24.3. The third-order valence-electron chi connectivity index (χ3n) is 5.71. The number of nitrogens with zero attached hydrogens (tertiary/aromatic N) is 4. The highest BCUT2D eigenvalue weighted by molar-refractivity contribution is 5.88. The monoisotopic (exact) mass is 461 g/mol. The number of aromatic nitrogens is 3. The van der Waals surface area contributed by atoms with E-state index in [1.54, 1.807) is 6.92 Å². The second kappa shape index (κ2) is 9.67. The van der Waals surface area contributed by atoms with E-state index in [1.807, 2.05) is 61.5 Å². The van der Waals surface area contributed by atoms with Crippen LogP contribution in [0, 0.1) is 12.3 Å². The van der Waals surface area contributed by atoms with Crippen molar-refractivity contribution in [1.29, 1.82) is 0 Å². The molecule has 0 saturated carbocycles. The Morgan fingerprint density at radius 1 is 1.06 bits per heavy atom. The van der Waals surface area contributed by atoms with Crippen LogP contribution in [-0.2, 0) is 4.74 Å². The number of carbonyl (C=O) groups excluding carboxylic acids is 1. The lowest BCUT2D eigenvalue weighted by Gasteiger charge is -2.32. The summed E-state index contributed by atoms with van der Waals surface area (Å²) in [6.45, 7) is 10.6. The molecule has 8 heteroatoms. The molecule has 1 unspecified atom stereocenters. The molecule has 1 saturated heterocycles. The number of nitrogens with one attached hydrogen (secondary N) is 1. The van der Waals surface area contributed by atoms with E-state index in [2.05, 4.69) is 41.0 Å². The lowest BCUT2D eigenvalue weighted by molar-refractivity contribution is 0.178. The molecule has 1 N–H and O–H groups in total. The fourth-order valence-corrected chi connectivity index (χ4v) is 3.93. The smallest absolute Gasteiger partial charge is 0.417 e. The van der Waals surface area contributed by atoms with Gasteiger partial charge in [-0.15, -0.1) is 0 Å². The molecule has 3 aromatic rings. The summed E-state index contributed by atoms with van der Waals surface area (Å²) >= 11 is 0. The minimum Gasteiger partial charge on any atom is -0.457 e. The lowest BCUT2D eigenvalue weighted by Crippen LogP contribution is -2.35. The number of ether oxygens (including phenoxy) is 2. The fourth-order valence-electron chi connectivity index (χ4n) is 3.93. The molecule has 0 radical (unpaired) electrons. The van der Waals surface area contributed by atoms with Crippen molar-refractivity contribution < 1.29 is 14.3 Å². The Labute approximate surface area is 200 Å². The van der Waals surface area contributed by atoms with Crippen molar-refractivity contribution in [3.05, 3.63) is 66.0 Å². The summed E-state index contributed by atoms with van der Waals surface area (Å²) in [5.74, 6) is 2.81. The molecular weight excluding hydrogens is 430 g/mol. The van der Waals surface area contributed by atoms with Gasteiger partial charge < -0.3 is 14.8 Å².